The summed E-state index contributed by atoms with van der Waals surface area (Å²) in [6, 6.07) is 0. The third kappa shape index (κ3) is 4.75. The van der Waals surface area contributed by atoms with Crippen LogP contribution in [0.2, 0.25) is 0 Å². The van der Waals surface area contributed by atoms with Crippen LogP contribution in [0, 0.1) is 50.0 Å². The van der Waals surface area contributed by atoms with E-state index < -0.39 is 12.2 Å². The van der Waals surface area contributed by atoms with E-state index in [9.17, 15) is 10.2 Å². The third-order valence-electron chi connectivity index (χ3n) is 2.55. The Morgan fingerprint density at radius 2 is 2.21 bits per heavy atom. The van der Waals surface area contributed by atoms with Gasteiger partial charge in [0.15, 0.2) is 0 Å². The second kappa shape index (κ2) is 7.97. The summed E-state index contributed by atoms with van der Waals surface area (Å²) in [5.74, 6) is 0.00205. The Bertz CT molecular complexity index is 192. The smallest absolute Gasteiger partial charge is 0.0782 e. The number of halogens is 1. The summed E-state index contributed by atoms with van der Waals surface area (Å²) in [6.45, 7) is 1.62. The van der Waals surface area contributed by atoms with Crippen molar-refractivity contribution >= 4 is 22.6 Å². The molecule has 1 radical (unpaired) electrons. The molecule has 0 aromatic heterocycles. The Morgan fingerprint density at radius 1 is 1.57 bits per heavy atom. The SMILES string of the molecule is [14CH3]N1CCC(C(O)/C=C/I)C(O)C1.[Ac]. The van der Waals surface area contributed by atoms with Gasteiger partial charge in [-0.3, -0.25) is 0 Å². The van der Waals surface area contributed by atoms with Crippen LogP contribution in [-0.2, 0) is 0 Å². The van der Waals surface area contributed by atoms with Crippen molar-refractivity contribution in [3.8, 4) is 0 Å². The monoisotopic (exact) mass is 526 g/mol. The number of hydrogen-bond donors (Lipinski definition) is 2. The Labute approximate surface area is 135 Å². The van der Waals surface area contributed by atoms with Gasteiger partial charge in [-0.2, -0.15) is 0 Å². The van der Waals surface area contributed by atoms with Crippen LogP contribution in [-0.4, -0.2) is 47.5 Å². The number of aliphatic hydroxyl groups excluding tert-OH is 2. The zero-order chi connectivity index (χ0) is 9.84. The summed E-state index contributed by atoms with van der Waals surface area (Å²) in [4.78, 5) is 2.08. The Kier molecular flexibility index (Phi) is 8.99. The van der Waals surface area contributed by atoms with Crippen molar-refractivity contribution in [2.24, 2.45) is 5.92 Å². The normalized spacial score (nSPS) is 31.4. The van der Waals surface area contributed by atoms with Gasteiger partial charge in [-0.25, -0.2) is 0 Å². The zero-order valence-corrected chi connectivity index (χ0v) is 15.2. The molecular formula is C9H16AcINO2. The fourth-order valence-electron chi connectivity index (χ4n) is 1.72. The van der Waals surface area contributed by atoms with E-state index in [0.717, 1.165) is 13.0 Å². The Balaban J connectivity index is 0.00000169. The molecule has 1 aliphatic heterocycles. The molecule has 1 rings (SSSR count). The number of nitrogens with zero attached hydrogens (tertiary/aromatic N) is 1. The van der Waals surface area contributed by atoms with Crippen LogP contribution in [0.25, 0.3) is 0 Å². The molecule has 0 aliphatic carbocycles. The van der Waals surface area contributed by atoms with E-state index in [1.165, 1.54) is 0 Å². The fraction of sp³-hybridized carbons (Fsp3) is 0.778. The van der Waals surface area contributed by atoms with Gasteiger partial charge in [0.25, 0.3) is 0 Å². The first kappa shape index (κ1) is 15.8. The topological polar surface area (TPSA) is 43.7 Å². The summed E-state index contributed by atoms with van der Waals surface area (Å²) in [6.07, 6.45) is 1.70. The summed E-state index contributed by atoms with van der Waals surface area (Å²) in [5, 5.41) is 19.4. The molecule has 3 unspecified atom stereocenters. The summed E-state index contributed by atoms with van der Waals surface area (Å²) in [5.41, 5.74) is 0. The largest absolute Gasteiger partial charge is 0.391 e. The molecular weight excluding hydrogens is 510 g/mol. The molecule has 2 N–H and O–H groups in total. The van der Waals surface area contributed by atoms with E-state index in [1.54, 1.807) is 10.2 Å². The first-order valence-corrected chi connectivity index (χ1v) is 5.71. The maximum Gasteiger partial charge on any atom is 0.0782 e. The van der Waals surface area contributed by atoms with Crippen LogP contribution in [0.4, 0.5) is 0 Å². The molecule has 14 heavy (non-hydrogen) atoms. The average molecular weight is 526 g/mol. The summed E-state index contributed by atoms with van der Waals surface area (Å²) >= 11 is 2.08. The van der Waals surface area contributed by atoms with Gasteiger partial charge in [-0.1, -0.05) is 22.6 Å². The first-order valence-electron chi connectivity index (χ1n) is 4.46. The minimum atomic E-state index is -0.499. The van der Waals surface area contributed by atoms with E-state index in [-0.39, 0.29) is 50.0 Å². The minimum absolute atomic E-state index is 0. The van der Waals surface area contributed by atoms with Crippen LogP contribution >= 0.6 is 22.6 Å². The van der Waals surface area contributed by atoms with Crippen molar-refractivity contribution in [2.45, 2.75) is 18.6 Å². The van der Waals surface area contributed by atoms with Crippen molar-refractivity contribution in [3.05, 3.63) is 10.2 Å². The molecule has 3 nitrogen and oxygen atoms in total. The number of piperidine rings is 1. The second-order valence-electron chi connectivity index (χ2n) is 3.59. The molecule has 79 valence electrons. The van der Waals surface area contributed by atoms with Crippen molar-refractivity contribution in [1.29, 1.82) is 0 Å². The minimum Gasteiger partial charge on any atom is -0.391 e. The van der Waals surface area contributed by atoms with Gasteiger partial charge in [0.2, 0.25) is 0 Å². The van der Waals surface area contributed by atoms with Gasteiger partial charge < -0.3 is 15.1 Å². The van der Waals surface area contributed by atoms with E-state index in [1.807, 2.05) is 7.05 Å². The van der Waals surface area contributed by atoms with Crippen molar-refractivity contribution in [1.82, 2.24) is 4.90 Å². The summed E-state index contributed by atoms with van der Waals surface area (Å²) < 4.78 is 1.80. The van der Waals surface area contributed by atoms with Crippen LogP contribution < -0.4 is 0 Å². The van der Waals surface area contributed by atoms with Gasteiger partial charge >= 0.3 is 0 Å². The number of β-amino-alcohol motifs (C(OH)–C–C–N with tert-alkyl or cyclic N) is 1. The number of likely N-dealkylation sites (tertiary alicyclic amines) is 1. The first-order chi connectivity index (χ1) is 6.15. The van der Waals surface area contributed by atoms with Crippen molar-refractivity contribution in [2.75, 3.05) is 20.1 Å². The summed E-state index contributed by atoms with van der Waals surface area (Å²) in [7, 11) is 1.99. The number of aliphatic hydroxyl groups is 2. The maximum atomic E-state index is 9.70. The number of hydrogen-bond acceptors (Lipinski definition) is 3. The predicted octanol–water partition coefficient (Wildman–Crippen LogP) is 0.609. The molecule has 5 heteroatoms. The van der Waals surface area contributed by atoms with Gasteiger partial charge in [0.1, 0.15) is 0 Å². The molecule has 1 saturated heterocycles. The average Bonchev–Trinajstić information content (AvgIpc) is 2.04. The van der Waals surface area contributed by atoms with Crippen LogP contribution in [0.1, 0.15) is 6.42 Å². The van der Waals surface area contributed by atoms with Gasteiger partial charge in [0.05, 0.1) is 12.2 Å². The van der Waals surface area contributed by atoms with E-state index in [4.69, 9.17) is 0 Å². The van der Waals surface area contributed by atoms with E-state index in [0.29, 0.717) is 6.54 Å². The number of likely N-dealkylation sites (N-methyl/N-ethyl adjacent to an activating group) is 1. The zero-order valence-electron chi connectivity index (χ0n) is 8.31. The molecule has 0 aromatic carbocycles. The van der Waals surface area contributed by atoms with E-state index >= 15 is 0 Å². The predicted molar refractivity (Wildman–Crippen MR) is 60.8 cm³/mol. The molecule has 3 atom stereocenters. The quantitative estimate of drug-likeness (QED) is 0.519. The molecule has 1 aliphatic rings. The molecule has 0 spiro atoms. The van der Waals surface area contributed by atoms with Crippen molar-refractivity contribution in [3.63, 3.8) is 0 Å². The molecule has 1 fully saturated rings. The van der Waals surface area contributed by atoms with Gasteiger partial charge in [0, 0.05) is 56.5 Å². The van der Waals surface area contributed by atoms with E-state index in [2.05, 4.69) is 27.5 Å². The molecule has 0 aromatic rings. The van der Waals surface area contributed by atoms with Crippen LogP contribution in [0.15, 0.2) is 10.2 Å². The molecule has 0 saturated carbocycles. The molecule has 0 bridgehead atoms. The van der Waals surface area contributed by atoms with Crippen LogP contribution in [0.5, 0.6) is 0 Å². The Morgan fingerprint density at radius 3 is 2.71 bits per heavy atom. The second-order valence-corrected chi connectivity index (χ2v) is 4.31. The van der Waals surface area contributed by atoms with Crippen molar-refractivity contribution < 1.29 is 54.3 Å². The number of rotatable bonds is 2. The van der Waals surface area contributed by atoms with Crippen LogP contribution in [0.3, 0.4) is 0 Å². The van der Waals surface area contributed by atoms with Gasteiger partial charge in [-0.05, 0) is 30.2 Å². The standard InChI is InChI=1S/C9H16INO2.Ac/c1-11-5-3-7(9(13)6-11)8(12)2-4-10;/h2,4,7-9,12-13H,3,5-6H2,1H3;/b4-2+;/i1+2;. The molecule has 1 heterocycles. The third-order valence-corrected chi connectivity index (χ3v) is 2.96. The van der Waals surface area contributed by atoms with Gasteiger partial charge in [-0.15, -0.1) is 0 Å². The maximum absolute atomic E-state index is 9.70. The Hall–Kier alpha value is 1.79. The fourth-order valence-corrected chi connectivity index (χ4v) is 2.15. The molecule has 0 amide bonds.